The number of halogens is 3. The number of nitrogens with one attached hydrogen (secondary N) is 1. The zero-order valence-corrected chi connectivity index (χ0v) is 15.5. The molecule has 3 aromatic rings. The van der Waals surface area contributed by atoms with E-state index in [4.69, 9.17) is 4.74 Å². The number of ether oxygens (including phenoxy) is 1. The van der Waals surface area contributed by atoms with E-state index in [0.29, 0.717) is 19.7 Å². The Labute approximate surface area is 159 Å². The molecular weight excluding hydrogens is 373 g/mol. The van der Waals surface area contributed by atoms with Crippen molar-refractivity contribution in [2.24, 2.45) is 0 Å². The molecule has 0 amide bonds. The van der Waals surface area contributed by atoms with Crippen molar-refractivity contribution in [3.05, 3.63) is 70.9 Å². The Morgan fingerprint density at radius 1 is 1.00 bits per heavy atom. The summed E-state index contributed by atoms with van der Waals surface area (Å²) in [6, 6.07) is 13.0. The lowest BCUT2D eigenvalue weighted by atomic mass is 10.1. The molecule has 0 spiro atoms. The third kappa shape index (κ3) is 5.30. The molecule has 0 saturated carbocycles. The van der Waals surface area contributed by atoms with Gasteiger partial charge in [0.1, 0.15) is 10.8 Å². The minimum atomic E-state index is -4.30. The highest BCUT2D eigenvalue weighted by atomic mass is 32.1. The van der Waals surface area contributed by atoms with Crippen LogP contribution in [-0.2, 0) is 19.3 Å². The Morgan fingerprint density at radius 3 is 2.33 bits per heavy atom. The Hall–Kier alpha value is -2.38. The van der Waals surface area contributed by atoms with Gasteiger partial charge in [0.2, 0.25) is 0 Å². The van der Waals surface area contributed by atoms with Gasteiger partial charge in [-0.2, -0.15) is 13.2 Å². The number of hydrogen-bond acceptors (Lipinski definition) is 4. The van der Waals surface area contributed by atoms with E-state index in [-0.39, 0.29) is 0 Å². The van der Waals surface area contributed by atoms with Gasteiger partial charge < -0.3 is 10.1 Å². The summed E-state index contributed by atoms with van der Waals surface area (Å²) in [7, 11) is 0. The molecule has 3 rings (SSSR count). The largest absolute Gasteiger partial charge is 0.494 e. The van der Waals surface area contributed by atoms with Crippen LogP contribution >= 0.6 is 11.3 Å². The fourth-order valence-corrected chi connectivity index (χ4v) is 3.43. The average Bonchev–Trinajstić information content (AvgIpc) is 3.11. The summed E-state index contributed by atoms with van der Waals surface area (Å²) < 4.78 is 43.1. The topological polar surface area (TPSA) is 34.1 Å². The third-order valence-corrected chi connectivity index (χ3v) is 4.94. The van der Waals surface area contributed by atoms with Crippen LogP contribution in [-0.4, -0.2) is 11.6 Å². The average molecular weight is 392 g/mol. The standard InChI is InChI=1S/C20H19F3N2OS/c1-2-26-17-9-5-15(6-10-17)18-12-25-19(27-18)13-24-11-14-3-7-16(8-4-14)20(21,22)23/h3-10,12,24H,2,11,13H2,1H3. The number of nitrogens with zero attached hydrogens (tertiary/aromatic N) is 1. The number of alkyl halides is 3. The van der Waals surface area contributed by atoms with E-state index in [2.05, 4.69) is 10.3 Å². The smallest absolute Gasteiger partial charge is 0.416 e. The fourth-order valence-electron chi connectivity index (χ4n) is 2.53. The first-order chi connectivity index (χ1) is 13.0. The molecule has 1 heterocycles. The summed E-state index contributed by atoms with van der Waals surface area (Å²) in [5.41, 5.74) is 1.24. The molecule has 1 aromatic heterocycles. The Morgan fingerprint density at radius 2 is 1.70 bits per heavy atom. The molecule has 142 valence electrons. The molecule has 0 saturated heterocycles. The van der Waals surface area contributed by atoms with Gasteiger partial charge in [-0.3, -0.25) is 0 Å². The van der Waals surface area contributed by atoms with Crippen molar-refractivity contribution in [3.63, 3.8) is 0 Å². The van der Waals surface area contributed by atoms with Gasteiger partial charge in [0, 0.05) is 19.3 Å². The summed E-state index contributed by atoms with van der Waals surface area (Å²) in [5, 5.41) is 4.14. The zero-order valence-electron chi connectivity index (χ0n) is 14.7. The van der Waals surface area contributed by atoms with Crippen LogP contribution in [0.1, 0.15) is 23.1 Å². The van der Waals surface area contributed by atoms with Crippen LogP contribution in [0.25, 0.3) is 10.4 Å². The predicted octanol–water partition coefficient (Wildman–Crippen LogP) is 5.52. The van der Waals surface area contributed by atoms with Crippen molar-refractivity contribution in [2.75, 3.05) is 6.61 Å². The lowest BCUT2D eigenvalue weighted by Crippen LogP contribution is -2.12. The maximum absolute atomic E-state index is 12.6. The Kier molecular flexibility index (Phi) is 6.13. The van der Waals surface area contributed by atoms with Gasteiger partial charge >= 0.3 is 6.18 Å². The number of thiazole rings is 1. The third-order valence-electron chi connectivity index (χ3n) is 3.89. The van der Waals surface area contributed by atoms with E-state index < -0.39 is 11.7 Å². The van der Waals surface area contributed by atoms with Crippen LogP contribution in [0, 0.1) is 0 Å². The highest BCUT2D eigenvalue weighted by molar-refractivity contribution is 7.15. The first-order valence-corrected chi connectivity index (χ1v) is 9.32. The zero-order chi connectivity index (χ0) is 19.3. The summed E-state index contributed by atoms with van der Waals surface area (Å²) in [6.45, 7) is 3.62. The highest BCUT2D eigenvalue weighted by Crippen LogP contribution is 2.29. The quantitative estimate of drug-likeness (QED) is 0.575. The second-order valence-electron chi connectivity index (χ2n) is 5.87. The van der Waals surface area contributed by atoms with E-state index >= 15 is 0 Å². The van der Waals surface area contributed by atoms with E-state index in [1.165, 1.54) is 12.1 Å². The molecule has 0 radical (unpaired) electrons. The van der Waals surface area contributed by atoms with E-state index in [9.17, 15) is 13.2 Å². The monoisotopic (exact) mass is 392 g/mol. The summed E-state index contributed by atoms with van der Waals surface area (Å²) in [4.78, 5) is 5.46. The summed E-state index contributed by atoms with van der Waals surface area (Å²) in [6.07, 6.45) is -2.47. The van der Waals surface area contributed by atoms with Crippen LogP contribution in [0.4, 0.5) is 13.2 Å². The van der Waals surface area contributed by atoms with E-state index in [1.807, 2.05) is 37.4 Å². The SMILES string of the molecule is CCOc1ccc(-c2cnc(CNCc3ccc(C(F)(F)F)cc3)s2)cc1. The Balaban J connectivity index is 1.53. The van der Waals surface area contributed by atoms with Gasteiger partial charge in [0.25, 0.3) is 0 Å². The molecule has 0 fully saturated rings. The van der Waals surface area contributed by atoms with Crippen LogP contribution in [0.3, 0.4) is 0 Å². The Bertz CT molecular complexity index is 858. The lowest BCUT2D eigenvalue weighted by Gasteiger charge is -2.08. The first kappa shape index (κ1) is 19.4. The van der Waals surface area contributed by atoms with Gasteiger partial charge in [0.05, 0.1) is 17.0 Å². The van der Waals surface area contributed by atoms with Gasteiger partial charge in [-0.25, -0.2) is 4.98 Å². The van der Waals surface area contributed by atoms with Gasteiger partial charge in [0.15, 0.2) is 0 Å². The van der Waals surface area contributed by atoms with E-state index in [1.54, 1.807) is 11.3 Å². The molecule has 0 bridgehead atoms. The minimum absolute atomic E-state index is 0.482. The molecular formula is C20H19F3N2OS. The number of hydrogen-bond donors (Lipinski definition) is 1. The maximum atomic E-state index is 12.6. The molecule has 7 heteroatoms. The van der Waals surface area contributed by atoms with Crippen LogP contribution in [0.15, 0.2) is 54.7 Å². The molecule has 0 aliphatic rings. The van der Waals surface area contributed by atoms with E-state index in [0.717, 1.165) is 38.9 Å². The summed E-state index contributed by atoms with van der Waals surface area (Å²) >= 11 is 1.58. The van der Waals surface area contributed by atoms with Crippen molar-refractivity contribution in [1.29, 1.82) is 0 Å². The molecule has 0 aliphatic heterocycles. The second kappa shape index (κ2) is 8.54. The summed E-state index contributed by atoms with van der Waals surface area (Å²) in [5.74, 6) is 0.837. The molecule has 0 aliphatic carbocycles. The lowest BCUT2D eigenvalue weighted by molar-refractivity contribution is -0.137. The normalized spacial score (nSPS) is 11.6. The minimum Gasteiger partial charge on any atom is -0.494 e. The molecule has 0 unspecified atom stereocenters. The van der Waals surface area contributed by atoms with Crippen molar-refractivity contribution in [1.82, 2.24) is 10.3 Å². The van der Waals surface area contributed by atoms with Crippen LogP contribution < -0.4 is 10.1 Å². The molecule has 27 heavy (non-hydrogen) atoms. The van der Waals surface area contributed by atoms with Crippen LogP contribution in [0.5, 0.6) is 5.75 Å². The van der Waals surface area contributed by atoms with Gasteiger partial charge in [-0.15, -0.1) is 11.3 Å². The molecule has 1 N–H and O–H groups in total. The molecule has 3 nitrogen and oxygen atoms in total. The number of aromatic nitrogens is 1. The van der Waals surface area contributed by atoms with Crippen molar-refractivity contribution in [2.45, 2.75) is 26.2 Å². The number of rotatable bonds is 7. The fraction of sp³-hybridized carbons (Fsp3) is 0.250. The van der Waals surface area contributed by atoms with Crippen molar-refractivity contribution in [3.8, 4) is 16.2 Å². The van der Waals surface area contributed by atoms with Gasteiger partial charge in [-0.05, 0) is 54.4 Å². The predicted molar refractivity (Wildman–Crippen MR) is 101 cm³/mol. The van der Waals surface area contributed by atoms with Crippen molar-refractivity contribution < 1.29 is 17.9 Å². The second-order valence-corrected chi connectivity index (χ2v) is 6.99. The first-order valence-electron chi connectivity index (χ1n) is 8.50. The van der Waals surface area contributed by atoms with Crippen molar-refractivity contribution >= 4 is 11.3 Å². The highest BCUT2D eigenvalue weighted by Gasteiger charge is 2.29. The molecule has 2 aromatic carbocycles. The maximum Gasteiger partial charge on any atom is 0.416 e. The van der Waals surface area contributed by atoms with Gasteiger partial charge in [-0.1, -0.05) is 12.1 Å². The number of benzene rings is 2. The van der Waals surface area contributed by atoms with Crippen LogP contribution in [0.2, 0.25) is 0 Å². The molecule has 0 atom stereocenters.